The number of methoxy groups -OCH3 is 1. The number of hydrogen-bond donors (Lipinski definition) is 3. The van der Waals surface area contributed by atoms with E-state index in [9.17, 15) is 13.2 Å². The third kappa shape index (κ3) is 6.96. The number of carbonyl (C=O) groups excluding carboxylic acids is 1. The average molecular weight is 457 g/mol. The van der Waals surface area contributed by atoms with E-state index >= 15 is 0 Å². The minimum absolute atomic E-state index is 0.0687. The Labute approximate surface area is 186 Å². The van der Waals surface area contributed by atoms with E-state index in [2.05, 4.69) is 20.3 Å². The highest BCUT2D eigenvalue weighted by Gasteiger charge is 2.14. The second-order valence-electron chi connectivity index (χ2n) is 6.66. The van der Waals surface area contributed by atoms with Crippen molar-refractivity contribution in [2.24, 2.45) is 0 Å². The normalized spacial score (nSPS) is 10.9. The molecule has 0 atom stereocenters. The Bertz CT molecular complexity index is 1110. The number of amides is 2. The molecule has 168 valence electrons. The molecule has 1 aromatic heterocycles. The summed E-state index contributed by atoms with van der Waals surface area (Å²) in [5.41, 5.74) is 1.73. The monoisotopic (exact) mass is 456 g/mol. The Morgan fingerprint density at radius 3 is 2.34 bits per heavy atom. The van der Waals surface area contributed by atoms with Gasteiger partial charge in [0.2, 0.25) is 0 Å². The number of hydrogen-bond acceptors (Lipinski definition) is 6. The van der Waals surface area contributed by atoms with Gasteiger partial charge in [0.15, 0.2) is 0 Å². The first-order chi connectivity index (χ1) is 15.5. The van der Waals surface area contributed by atoms with Gasteiger partial charge in [0, 0.05) is 37.4 Å². The summed E-state index contributed by atoms with van der Waals surface area (Å²) in [6.07, 6.45) is 3.32. The van der Waals surface area contributed by atoms with Crippen molar-refractivity contribution >= 4 is 27.4 Å². The fraction of sp³-hybridized carbons (Fsp3) is 0.182. The van der Waals surface area contributed by atoms with Crippen molar-refractivity contribution in [1.29, 1.82) is 0 Å². The first-order valence-corrected chi connectivity index (χ1v) is 11.2. The van der Waals surface area contributed by atoms with Crippen molar-refractivity contribution < 1.29 is 22.7 Å². The van der Waals surface area contributed by atoms with E-state index in [0.29, 0.717) is 36.9 Å². The topological polar surface area (TPSA) is 119 Å². The lowest BCUT2D eigenvalue weighted by Crippen LogP contribution is -2.28. The fourth-order valence-electron chi connectivity index (χ4n) is 2.65. The van der Waals surface area contributed by atoms with Gasteiger partial charge in [0.05, 0.1) is 11.5 Å². The highest BCUT2D eigenvalue weighted by Crippen LogP contribution is 2.20. The molecule has 0 aliphatic heterocycles. The maximum Gasteiger partial charge on any atom is 0.319 e. The molecule has 0 saturated carbocycles. The number of aromatic nitrogens is 1. The number of benzene rings is 2. The molecular weight excluding hydrogens is 432 g/mol. The number of carbonyl (C=O) groups is 1. The summed E-state index contributed by atoms with van der Waals surface area (Å²) in [5.74, 6) is 0.613. The number of pyridine rings is 1. The SMILES string of the molecule is COCCOc1ccc(NS(=O)(=O)c2ccc(NC(=O)NCc3cccnc3)cc2)cc1. The van der Waals surface area contributed by atoms with E-state index in [1.165, 1.54) is 24.3 Å². The van der Waals surface area contributed by atoms with E-state index in [4.69, 9.17) is 9.47 Å². The van der Waals surface area contributed by atoms with Crippen LogP contribution in [0, 0.1) is 0 Å². The maximum atomic E-state index is 12.6. The second kappa shape index (κ2) is 11.1. The predicted octanol–water partition coefficient (Wildman–Crippen LogP) is 3.23. The van der Waals surface area contributed by atoms with Crippen LogP contribution in [0.4, 0.5) is 16.2 Å². The van der Waals surface area contributed by atoms with Gasteiger partial charge in [-0.2, -0.15) is 0 Å². The molecular formula is C22H24N4O5S. The molecule has 1 heterocycles. The van der Waals surface area contributed by atoms with Gasteiger partial charge in [-0.3, -0.25) is 9.71 Å². The number of ether oxygens (including phenoxy) is 2. The van der Waals surface area contributed by atoms with Gasteiger partial charge in [-0.1, -0.05) is 6.07 Å². The van der Waals surface area contributed by atoms with Crippen LogP contribution in [-0.2, 0) is 21.3 Å². The summed E-state index contributed by atoms with van der Waals surface area (Å²) in [6.45, 7) is 1.20. The van der Waals surface area contributed by atoms with Crippen LogP contribution in [0.25, 0.3) is 0 Å². The maximum absolute atomic E-state index is 12.6. The van der Waals surface area contributed by atoms with Crippen molar-refractivity contribution in [3.8, 4) is 5.75 Å². The first-order valence-electron chi connectivity index (χ1n) is 9.75. The van der Waals surface area contributed by atoms with Crippen molar-refractivity contribution in [1.82, 2.24) is 10.3 Å². The minimum Gasteiger partial charge on any atom is -0.491 e. The van der Waals surface area contributed by atoms with Crippen LogP contribution in [0.3, 0.4) is 0 Å². The Morgan fingerprint density at radius 2 is 1.69 bits per heavy atom. The van der Waals surface area contributed by atoms with Gasteiger partial charge >= 0.3 is 6.03 Å². The standard InChI is InChI=1S/C22H24N4O5S/c1-30-13-14-31-20-8-4-19(5-9-20)26-32(28,29)21-10-6-18(7-11-21)25-22(27)24-16-17-3-2-12-23-15-17/h2-12,15,26H,13-14,16H2,1H3,(H2,24,25,27). The van der Waals surface area contributed by atoms with E-state index in [0.717, 1.165) is 5.56 Å². The zero-order chi connectivity index (χ0) is 22.8. The number of urea groups is 1. The zero-order valence-corrected chi connectivity index (χ0v) is 18.3. The number of sulfonamides is 1. The molecule has 0 fully saturated rings. The van der Waals surface area contributed by atoms with E-state index in [1.807, 2.05) is 6.07 Å². The van der Waals surface area contributed by atoms with Gasteiger partial charge in [-0.15, -0.1) is 0 Å². The zero-order valence-electron chi connectivity index (χ0n) is 17.4. The molecule has 32 heavy (non-hydrogen) atoms. The molecule has 0 unspecified atom stereocenters. The van der Waals surface area contributed by atoms with Crippen molar-refractivity contribution in [3.05, 3.63) is 78.6 Å². The summed E-state index contributed by atoms with van der Waals surface area (Å²) in [6, 6.07) is 15.7. The Morgan fingerprint density at radius 1 is 0.969 bits per heavy atom. The van der Waals surface area contributed by atoms with Crippen LogP contribution >= 0.6 is 0 Å². The van der Waals surface area contributed by atoms with Crippen LogP contribution in [-0.4, -0.2) is 39.8 Å². The average Bonchev–Trinajstić information content (AvgIpc) is 2.80. The van der Waals surface area contributed by atoms with E-state index < -0.39 is 16.1 Å². The summed E-state index contributed by atoms with van der Waals surface area (Å²) < 4.78 is 38.1. The van der Waals surface area contributed by atoms with Crippen LogP contribution in [0.1, 0.15) is 5.56 Å². The predicted molar refractivity (Wildman–Crippen MR) is 121 cm³/mol. The van der Waals surface area contributed by atoms with Crippen molar-refractivity contribution in [2.45, 2.75) is 11.4 Å². The van der Waals surface area contributed by atoms with Crippen LogP contribution in [0.5, 0.6) is 5.75 Å². The molecule has 2 amide bonds. The lowest BCUT2D eigenvalue weighted by molar-refractivity contribution is 0.146. The molecule has 0 aliphatic rings. The number of anilines is 2. The van der Waals surface area contributed by atoms with E-state index in [-0.39, 0.29) is 4.90 Å². The Hall–Kier alpha value is -3.63. The summed E-state index contributed by atoms with van der Waals surface area (Å²) in [4.78, 5) is 16.1. The third-order valence-corrected chi connectivity index (χ3v) is 5.66. The molecule has 0 bridgehead atoms. The van der Waals surface area contributed by atoms with E-state index in [1.54, 1.807) is 49.8 Å². The molecule has 2 aromatic carbocycles. The molecule has 0 radical (unpaired) electrons. The molecule has 3 N–H and O–H groups in total. The van der Waals surface area contributed by atoms with Gasteiger partial charge in [-0.25, -0.2) is 13.2 Å². The number of rotatable bonds is 10. The van der Waals surface area contributed by atoms with Crippen molar-refractivity contribution in [3.63, 3.8) is 0 Å². The molecule has 3 aromatic rings. The molecule has 10 heteroatoms. The van der Waals surface area contributed by atoms with Gasteiger partial charge < -0.3 is 20.1 Å². The molecule has 0 saturated heterocycles. The summed E-state index contributed by atoms with van der Waals surface area (Å²) in [5, 5.41) is 5.37. The van der Waals surface area contributed by atoms with Crippen LogP contribution in [0.2, 0.25) is 0 Å². The van der Waals surface area contributed by atoms with Crippen LogP contribution < -0.4 is 20.1 Å². The summed E-state index contributed by atoms with van der Waals surface area (Å²) >= 11 is 0. The number of nitrogens with one attached hydrogen (secondary N) is 3. The summed E-state index contributed by atoms with van der Waals surface area (Å²) in [7, 11) is -2.20. The highest BCUT2D eigenvalue weighted by atomic mass is 32.2. The minimum atomic E-state index is -3.78. The molecule has 0 spiro atoms. The van der Waals surface area contributed by atoms with Gasteiger partial charge in [0.25, 0.3) is 10.0 Å². The molecule has 0 aliphatic carbocycles. The van der Waals surface area contributed by atoms with Gasteiger partial charge in [-0.05, 0) is 60.2 Å². The smallest absolute Gasteiger partial charge is 0.319 e. The number of nitrogens with zero attached hydrogens (tertiary/aromatic N) is 1. The Balaban J connectivity index is 1.54. The lowest BCUT2D eigenvalue weighted by atomic mass is 10.3. The Kier molecular flexibility index (Phi) is 8.01. The highest BCUT2D eigenvalue weighted by molar-refractivity contribution is 7.92. The molecule has 9 nitrogen and oxygen atoms in total. The molecule has 3 rings (SSSR count). The lowest BCUT2D eigenvalue weighted by Gasteiger charge is -2.11. The first kappa shape index (κ1) is 23.0. The quantitative estimate of drug-likeness (QED) is 0.403. The fourth-order valence-corrected chi connectivity index (χ4v) is 3.71. The largest absolute Gasteiger partial charge is 0.491 e. The third-order valence-electron chi connectivity index (χ3n) is 4.26. The second-order valence-corrected chi connectivity index (χ2v) is 8.35. The van der Waals surface area contributed by atoms with Gasteiger partial charge in [0.1, 0.15) is 12.4 Å². The van der Waals surface area contributed by atoms with Crippen molar-refractivity contribution in [2.75, 3.05) is 30.4 Å². The van der Waals surface area contributed by atoms with Crippen LogP contribution in [0.15, 0.2) is 78.0 Å².